The molecule has 0 fully saturated rings. The third kappa shape index (κ3) is 6.50. The van der Waals surface area contributed by atoms with Gasteiger partial charge in [-0.2, -0.15) is 0 Å². The van der Waals surface area contributed by atoms with Crippen molar-refractivity contribution in [2.24, 2.45) is 0 Å². The lowest BCUT2D eigenvalue weighted by Gasteiger charge is -2.26. The van der Waals surface area contributed by atoms with Gasteiger partial charge in [-0.25, -0.2) is 0 Å². The number of aliphatic hydroxyl groups excluding tert-OH is 1. The Hall–Kier alpha value is -1.73. The molecule has 6 nitrogen and oxygen atoms in total. The quantitative estimate of drug-likeness (QED) is 0.659. The van der Waals surface area contributed by atoms with Gasteiger partial charge in [-0.15, -0.1) is 11.8 Å². The van der Waals surface area contributed by atoms with Crippen LogP contribution >= 0.6 is 11.8 Å². The van der Waals surface area contributed by atoms with E-state index in [0.717, 1.165) is 10.6 Å². The Labute approximate surface area is 141 Å². The first-order valence-electron chi connectivity index (χ1n) is 7.45. The highest BCUT2D eigenvalue weighted by molar-refractivity contribution is 7.99. The Morgan fingerprint density at radius 2 is 2.00 bits per heavy atom. The van der Waals surface area contributed by atoms with Gasteiger partial charge in [0.15, 0.2) is 0 Å². The number of thioether (sulfide) groups is 1. The number of carbonyl (C=O) groups is 2. The summed E-state index contributed by atoms with van der Waals surface area (Å²) in [6.45, 7) is 3.88. The average molecular weight is 340 g/mol. The standard InChI is InChI=1S/C16H24N2O4S/c1-4-18(9-10-19)16(21)15(17-12(2)20)11-23-14-7-5-13(22-3)6-8-14/h5-8,15,19H,4,9-11H2,1-3H3,(H,17,20). The van der Waals surface area contributed by atoms with Gasteiger partial charge in [0.25, 0.3) is 0 Å². The van der Waals surface area contributed by atoms with Gasteiger partial charge in [0.05, 0.1) is 13.7 Å². The largest absolute Gasteiger partial charge is 0.497 e. The molecule has 0 saturated carbocycles. The van der Waals surface area contributed by atoms with Gasteiger partial charge in [-0.3, -0.25) is 9.59 Å². The molecular weight excluding hydrogens is 316 g/mol. The van der Waals surface area contributed by atoms with E-state index in [-0.39, 0.29) is 25.0 Å². The molecule has 0 bridgehead atoms. The normalized spacial score (nSPS) is 11.7. The lowest BCUT2D eigenvalue weighted by Crippen LogP contribution is -2.50. The van der Waals surface area contributed by atoms with Crippen LogP contribution < -0.4 is 10.1 Å². The maximum atomic E-state index is 12.5. The Kier molecular flexibility index (Phi) is 8.50. The van der Waals surface area contributed by atoms with Gasteiger partial charge >= 0.3 is 0 Å². The molecule has 0 radical (unpaired) electrons. The van der Waals surface area contributed by atoms with Crippen LogP contribution in [0.3, 0.4) is 0 Å². The van der Waals surface area contributed by atoms with E-state index in [1.807, 2.05) is 31.2 Å². The monoisotopic (exact) mass is 340 g/mol. The van der Waals surface area contributed by atoms with Crippen LogP contribution in [0.1, 0.15) is 13.8 Å². The molecule has 1 aromatic rings. The lowest BCUT2D eigenvalue weighted by molar-refractivity contribution is -0.135. The summed E-state index contributed by atoms with van der Waals surface area (Å²) in [7, 11) is 1.61. The van der Waals surface area contributed by atoms with E-state index < -0.39 is 6.04 Å². The molecule has 1 atom stereocenters. The van der Waals surface area contributed by atoms with Crippen molar-refractivity contribution < 1.29 is 19.4 Å². The molecule has 0 heterocycles. The van der Waals surface area contributed by atoms with E-state index >= 15 is 0 Å². The Morgan fingerprint density at radius 3 is 2.48 bits per heavy atom. The van der Waals surface area contributed by atoms with Gasteiger partial charge in [-0.1, -0.05) is 0 Å². The Balaban J connectivity index is 2.72. The number of hydrogen-bond acceptors (Lipinski definition) is 5. The Bertz CT molecular complexity index is 507. The Morgan fingerprint density at radius 1 is 1.35 bits per heavy atom. The zero-order chi connectivity index (χ0) is 17.2. The SMILES string of the molecule is CCN(CCO)C(=O)C(CSc1ccc(OC)cc1)NC(C)=O. The molecule has 2 N–H and O–H groups in total. The second kappa shape index (κ2) is 10.1. The molecule has 128 valence electrons. The minimum absolute atomic E-state index is 0.0992. The molecule has 0 spiro atoms. The van der Waals surface area contributed by atoms with Crippen LogP contribution in [0.2, 0.25) is 0 Å². The lowest BCUT2D eigenvalue weighted by atomic mass is 10.2. The van der Waals surface area contributed by atoms with Crippen LogP contribution in [0.4, 0.5) is 0 Å². The summed E-state index contributed by atoms with van der Waals surface area (Å²) < 4.78 is 5.11. The van der Waals surface area contributed by atoms with E-state index in [1.54, 1.807) is 7.11 Å². The minimum Gasteiger partial charge on any atom is -0.497 e. The van der Waals surface area contributed by atoms with E-state index in [4.69, 9.17) is 9.84 Å². The van der Waals surface area contributed by atoms with Crippen LogP contribution in [0.5, 0.6) is 5.75 Å². The third-order valence-electron chi connectivity index (χ3n) is 3.22. The van der Waals surface area contributed by atoms with Gasteiger partial charge in [0, 0.05) is 30.7 Å². The van der Waals surface area contributed by atoms with E-state index in [1.165, 1.54) is 23.6 Å². The fraction of sp³-hybridized carbons (Fsp3) is 0.500. The number of benzene rings is 1. The van der Waals surface area contributed by atoms with Crippen molar-refractivity contribution in [2.75, 3.05) is 32.6 Å². The van der Waals surface area contributed by atoms with Crippen LogP contribution in [-0.4, -0.2) is 60.4 Å². The molecule has 1 aromatic carbocycles. The van der Waals surface area contributed by atoms with Crippen molar-refractivity contribution in [2.45, 2.75) is 24.8 Å². The van der Waals surface area contributed by atoms with Crippen molar-refractivity contribution in [1.82, 2.24) is 10.2 Å². The molecule has 23 heavy (non-hydrogen) atoms. The van der Waals surface area contributed by atoms with Crippen molar-refractivity contribution >= 4 is 23.6 Å². The molecule has 0 aliphatic rings. The van der Waals surface area contributed by atoms with E-state index in [2.05, 4.69) is 5.32 Å². The minimum atomic E-state index is -0.619. The van der Waals surface area contributed by atoms with Gasteiger partial charge in [0.1, 0.15) is 11.8 Å². The van der Waals surface area contributed by atoms with Crippen LogP contribution in [0.25, 0.3) is 0 Å². The maximum Gasteiger partial charge on any atom is 0.246 e. The average Bonchev–Trinajstić information content (AvgIpc) is 2.56. The van der Waals surface area contributed by atoms with Crippen LogP contribution in [0.15, 0.2) is 29.2 Å². The van der Waals surface area contributed by atoms with Gasteiger partial charge < -0.3 is 20.1 Å². The van der Waals surface area contributed by atoms with Crippen molar-refractivity contribution in [3.05, 3.63) is 24.3 Å². The number of carbonyl (C=O) groups excluding carboxylic acids is 2. The van der Waals surface area contributed by atoms with Crippen molar-refractivity contribution in [1.29, 1.82) is 0 Å². The highest BCUT2D eigenvalue weighted by atomic mass is 32.2. The summed E-state index contributed by atoms with van der Waals surface area (Å²) in [5.41, 5.74) is 0. The van der Waals surface area contributed by atoms with E-state index in [0.29, 0.717) is 12.3 Å². The first-order valence-corrected chi connectivity index (χ1v) is 8.44. The number of aliphatic hydroxyl groups is 1. The fourth-order valence-corrected chi connectivity index (χ4v) is 2.95. The van der Waals surface area contributed by atoms with Gasteiger partial charge in [0.2, 0.25) is 11.8 Å². The summed E-state index contributed by atoms with van der Waals surface area (Å²) in [5.74, 6) is 0.757. The number of methoxy groups -OCH3 is 1. The molecule has 0 saturated heterocycles. The molecule has 0 aromatic heterocycles. The number of nitrogens with zero attached hydrogens (tertiary/aromatic N) is 1. The summed E-state index contributed by atoms with van der Waals surface area (Å²) >= 11 is 1.48. The number of nitrogens with one attached hydrogen (secondary N) is 1. The summed E-state index contributed by atoms with van der Waals surface area (Å²) in [5, 5.41) is 11.7. The predicted octanol–water partition coefficient (Wildman–Crippen LogP) is 1.13. The fourth-order valence-electron chi connectivity index (χ4n) is 2.04. The van der Waals surface area contributed by atoms with Gasteiger partial charge in [-0.05, 0) is 31.2 Å². The summed E-state index contributed by atoms with van der Waals surface area (Å²) in [6.07, 6.45) is 0. The second-order valence-electron chi connectivity index (χ2n) is 4.88. The summed E-state index contributed by atoms with van der Waals surface area (Å²) in [4.78, 5) is 26.4. The second-order valence-corrected chi connectivity index (χ2v) is 5.97. The van der Waals surface area contributed by atoms with Crippen molar-refractivity contribution in [3.63, 3.8) is 0 Å². The van der Waals surface area contributed by atoms with Crippen LogP contribution in [-0.2, 0) is 9.59 Å². The molecule has 2 amide bonds. The zero-order valence-electron chi connectivity index (χ0n) is 13.7. The molecule has 7 heteroatoms. The molecule has 0 aliphatic heterocycles. The maximum absolute atomic E-state index is 12.5. The predicted molar refractivity (Wildman–Crippen MR) is 90.7 cm³/mol. The van der Waals surface area contributed by atoms with Crippen LogP contribution in [0, 0.1) is 0 Å². The number of ether oxygens (including phenoxy) is 1. The summed E-state index contributed by atoms with van der Waals surface area (Å²) in [6, 6.07) is 6.89. The number of rotatable bonds is 9. The highest BCUT2D eigenvalue weighted by Gasteiger charge is 2.24. The first kappa shape index (κ1) is 19.3. The number of amides is 2. The smallest absolute Gasteiger partial charge is 0.246 e. The highest BCUT2D eigenvalue weighted by Crippen LogP contribution is 2.22. The molecule has 0 aliphatic carbocycles. The third-order valence-corrected chi connectivity index (χ3v) is 4.32. The number of hydrogen-bond donors (Lipinski definition) is 2. The topological polar surface area (TPSA) is 78.9 Å². The molecule has 1 unspecified atom stereocenters. The zero-order valence-corrected chi connectivity index (χ0v) is 14.6. The van der Waals surface area contributed by atoms with Crippen molar-refractivity contribution in [3.8, 4) is 5.75 Å². The molecular formula is C16H24N2O4S. The first-order chi connectivity index (χ1) is 11.0. The van der Waals surface area contributed by atoms with E-state index in [9.17, 15) is 9.59 Å². The number of likely N-dealkylation sites (N-methyl/N-ethyl adjacent to an activating group) is 1. The molecule has 1 rings (SSSR count).